The second kappa shape index (κ2) is 12.2. The van der Waals surface area contributed by atoms with Crippen molar-refractivity contribution in [2.75, 3.05) is 6.54 Å². The number of hydrogen-bond acceptors (Lipinski definition) is 7. The van der Waals surface area contributed by atoms with Crippen LogP contribution in [-0.4, -0.2) is 70.6 Å². The summed E-state index contributed by atoms with van der Waals surface area (Å²) in [5.41, 5.74) is 11.1. The molecule has 0 saturated carbocycles. The Morgan fingerprint density at radius 1 is 1.03 bits per heavy atom. The summed E-state index contributed by atoms with van der Waals surface area (Å²) in [6.07, 6.45) is -1.77. The van der Waals surface area contributed by atoms with Gasteiger partial charge in [0.15, 0.2) is 0 Å². The maximum absolute atomic E-state index is 12.5. The van der Waals surface area contributed by atoms with Gasteiger partial charge in [0.2, 0.25) is 23.6 Å². The van der Waals surface area contributed by atoms with Gasteiger partial charge in [0.25, 0.3) is 0 Å². The van der Waals surface area contributed by atoms with Crippen molar-refractivity contribution in [3.8, 4) is 0 Å². The lowest BCUT2D eigenvalue weighted by molar-refractivity contribution is -0.142. The molecular formula is C19H27N5O7. The highest BCUT2D eigenvalue weighted by Gasteiger charge is 2.30. The number of aliphatic hydroxyl groups is 1. The number of nitrogens with two attached hydrogens (primary N) is 2. The Kier molecular flexibility index (Phi) is 10.1. The van der Waals surface area contributed by atoms with Crippen molar-refractivity contribution in [3.05, 3.63) is 35.9 Å². The van der Waals surface area contributed by atoms with Gasteiger partial charge in [0.1, 0.15) is 12.1 Å². The minimum atomic E-state index is -1.47. The van der Waals surface area contributed by atoms with E-state index in [4.69, 9.17) is 11.5 Å². The Balaban J connectivity index is 2.69. The van der Waals surface area contributed by atoms with Crippen LogP contribution in [0.15, 0.2) is 30.3 Å². The van der Waals surface area contributed by atoms with Crippen LogP contribution in [0.1, 0.15) is 18.9 Å². The highest BCUT2D eigenvalue weighted by atomic mass is 16.4. The number of carbonyl (C=O) groups is 5. The standard InChI is InChI=1S/C19H27N5O7/c1-10(25)16(24-15(27)9-22-17(28)12(20)8-14(21)26)18(29)23-13(19(30)31)7-11-5-3-2-4-6-11/h2-6,10,12-13,16,25H,7-9,20H2,1H3,(H2,21,26)(H,22,28)(H,23,29)(H,24,27)(H,30,31)/t10-,12+,13+,16+/m1/s1. The van der Waals surface area contributed by atoms with Gasteiger partial charge in [-0.1, -0.05) is 30.3 Å². The van der Waals surface area contributed by atoms with Gasteiger partial charge in [-0.25, -0.2) is 4.79 Å². The molecule has 0 heterocycles. The number of carboxylic acids is 1. The molecule has 4 atom stereocenters. The number of nitrogens with one attached hydrogen (secondary N) is 3. The summed E-state index contributed by atoms with van der Waals surface area (Å²) in [5.74, 6) is -4.63. The van der Waals surface area contributed by atoms with E-state index in [1.807, 2.05) is 0 Å². The van der Waals surface area contributed by atoms with E-state index in [0.717, 1.165) is 0 Å². The van der Waals surface area contributed by atoms with Crippen LogP contribution < -0.4 is 27.4 Å². The predicted molar refractivity (Wildman–Crippen MR) is 108 cm³/mol. The van der Waals surface area contributed by atoms with E-state index in [9.17, 15) is 34.2 Å². The third kappa shape index (κ3) is 9.23. The molecule has 0 saturated heterocycles. The van der Waals surface area contributed by atoms with Crippen molar-refractivity contribution in [1.82, 2.24) is 16.0 Å². The van der Waals surface area contributed by atoms with Gasteiger partial charge in [-0.05, 0) is 12.5 Å². The van der Waals surface area contributed by atoms with E-state index in [0.29, 0.717) is 5.56 Å². The molecule has 0 fully saturated rings. The minimum Gasteiger partial charge on any atom is -0.480 e. The molecule has 0 aliphatic carbocycles. The molecule has 0 aliphatic rings. The first-order valence-corrected chi connectivity index (χ1v) is 9.37. The molecule has 170 valence electrons. The normalized spacial score (nSPS) is 14.4. The molecule has 4 amide bonds. The Morgan fingerprint density at radius 2 is 1.65 bits per heavy atom. The molecular weight excluding hydrogens is 410 g/mol. The van der Waals surface area contributed by atoms with Gasteiger partial charge in [-0.15, -0.1) is 0 Å². The number of amides is 4. The summed E-state index contributed by atoms with van der Waals surface area (Å²) in [6, 6.07) is 4.59. The molecule has 1 rings (SSSR count). The quantitative estimate of drug-likeness (QED) is 0.178. The first-order valence-electron chi connectivity index (χ1n) is 9.37. The third-order valence-corrected chi connectivity index (χ3v) is 4.16. The number of aliphatic hydroxyl groups excluding tert-OH is 1. The first-order chi connectivity index (χ1) is 14.5. The molecule has 0 aliphatic heterocycles. The Labute approximate surface area is 178 Å². The molecule has 0 radical (unpaired) electrons. The third-order valence-electron chi connectivity index (χ3n) is 4.16. The summed E-state index contributed by atoms with van der Waals surface area (Å²) < 4.78 is 0. The van der Waals surface area contributed by atoms with Crippen molar-refractivity contribution >= 4 is 29.6 Å². The highest BCUT2D eigenvalue weighted by molar-refractivity contribution is 5.93. The highest BCUT2D eigenvalue weighted by Crippen LogP contribution is 2.05. The van der Waals surface area contributed by atoms with Crippen molar-refractivity contribution in [2.24, 2.45) is 11.5 Å². The van der Waals surface area contributed by atoms with E-state index >= 15 is 0 Å². The average molecular weight is 437 g/mol. The molecule has 0 bridgehead atoms. The maximum Gasteiger partial charge on any atom is 0.326 e. The van der Waals surface area contributed by atoms with Crippen molar-refractivity contribution < 1.29 is 34.2 Å². The van der Waals surface area contributed by atoms with Crippen LogP contribution in [0, 0.1) is 0 Å². The van der Waals surface area contributed by atoms with E-state index in [2.05, 4.69) is 16.0 Å². The number of carbonyl (C=O) groups excluding carboxylic acids is 4. The minimum absolute atomic E-state index is 0.00377. The van der Waals surface area contributed by atoms with Crippen LogP contribution in [0.4, 0.5) is 0 Å². The zero-order valence-corrected chi connectivity index (χ0v) is 16.9. The summed E-state index contributed by atoms with van der Waals surface area (Å²) in [7, 11) is 0. The van der Waals surface area contributed by atoms with Crippen LogP contribution in [-0.2, 0) is 30.4 Å². The zero-order valence-electron chi connectivity index (χ0n) is 16.9. The Hall–Kier alpha value is -3.51. The summed E-state index contributed by atoms with van der Waals surface area (Å²) in [5, 5.41) is 25.9. The molecule has 1 aromatic rings. The fraction of sp³-hybridized carbons (Fsp3) is 0.421. The molecule has 12 nitrogen and oxygen atoms in total. The number of primary amides is 1. The summed E-state index contributed by atoms with van der Waals surface area (Å²) in [6.45, 7) is 0.646. The molecule has 9 N–H and O–H groups in total. The van der Waals surface area contributed by atoms with E-state index < -0.39 is 66.8 Å². The Bertz CT molecular complexity index is 800. The van der Waals surface area contributed by atoms with Crippen LogP contribution in [0.3, 0.4) is 0 Å². The van der Waals surface area contributed by atoms with Crippen LogP contribution in [0.25, 0.3) is 0 Å². The fourth-order valence-electron chi connectivity index (χ4n) is 2.55. The van der Waals surface area contributed by atoms with Gasteiger partial charge < -0.3 is 37.6 Å². The smallest absolute Gasteiger partial charge is 0.326 e. The molecule has 1 aromatic carbocycles. The van der Waals surface area contributed by atoms with E-state index in [1.165, 1.54) is 6.92 Å². The Morgan fingerprint density at radius 3 is 2.16 bits per heavy atom. The number of benzene rings is 1. The molecule has 0 aromatic heterocycles. The van der Waals surface area contributed by atoms with Crippen molar-refractivity contribution in [3.63, 3.8) is 0 Å². The zero-order chi connectivity index (χ0) is 23.6. The van der Waals surface area contributed by atoms with Crippen LogP contribution in [0.2, 0.25) is 0 Å². The molecule has 0 spiro atoms. The van der Waals surface area contributed by atoms with E-state index in [1.54, 1.807) is 30.3 Å². The van der Waals surface area contributed by atoms with Crippen LogP contribution >= 0.6 is 0 Å². The number of hydrogen-bond donors (Lipinski definition) is 7. The van der Waals surface area contributed by atoms with Gasteiger partial charge in [0, 0.05) is 6.42 Å². The monoisotopic (exact) mass is 437 g/mol. The number of aliphatic carboxylic acids is 1. The fourth-order valence-corrected chi connectivity index (χ4v) is 2.55. The lowest BCUT2D eigenvalue weighted by atomic mass is 10.0. The van der Waals surface area contributed by atoms with Crippen LogP contribution in [0.5, 0.6) is 0 Å². The number of carboxylic acid groups (broad SMARTS) is 1. The maximum atomic E-state index is 12.5. The lowest BCUT2D eigenvalue weighted by Crippen LogP contribution is -2.57. The largest absolute Gasteiger partial charge is 0.480 e. The molecule has 12 heteroatoms. The van der Waals surface area contributed by atoms with E-state index in [-0.39, 0.29) is 6.42 Å². The van der Waals surface area contributed by atoms with Gasteiger partial charge in [-0.3, -0.25) is 19.2 Å². The first kappa shape index (κ1) is 25.5. The molecule has 31 heavy (non-hydrogen) atoms. The SMILES string of the molecule is C[C@@H](O)[C@H](NC(=O)CNC(=O)[C@@H](N)CC(N)=O)C(=O)N[C@@H](Cc1ccccc1)C(=O)O. The second-order valence-corrected chi connectivity index (χ2v) is 6.87. The summed E-state index contributed by atoms with van der Waals surface area (Å²) >= 11 is 0. The van der Waals surface area contributed by atoms with Crippen molar-refractivity contribution in [2.45, 2.75) is 44.0 Å². The lowest BCUT2D eigenvalue weighted by Gasteiger charge is -2.23. The number of rotatable bonds is 12. The van der Waals surface area contributed by atoms with Gasteiger partial charge in [-0.2, -0.15) is 0 Å². The topological polar surface area (TPSA) is 214 Å². The molecule has 0 unspecified atom stereocenters. The van der Waals surface area contributed by atoms with Gasteiger partial charge >= 0.3 is 5.97 Å². The predicted octanol–water partition coefficient (Wildman–Crippen LogP) is -3.02. The van der Waals surface area contributed by atoms with Crippen molar-refractivity contribution in [1.29, 1.82) is 0 Å². The van der Waals surface area contributed by atoms with Gasteiger partial charge in [0.05, 0.1) is 25.1 Å². The second-order valence-electron chi connectivity index (χ2n) is 6.87. The average Bonchev–Trinajstić information content (AvgIpc) is 2.69. The summed E-state index contributed by atoms with van der Waals surface area (Å²) in [4.78, 5) is 58.5.